The van der Waals surface area contributed by atoms with Gasteiger partial charge in [0.05, 0.1) is 0 Å². The Morgan fingerprint density at radius 2 is 2.24 bits per heavy atom. The predicted molar refractivity (Wildman–Crippen MR) is 76.3 cm³/mol. The smallest absolute Gasteiger partial charge is 0.349 e. The minimum Gasteiger partial charge on any atom is -0.448 e. The summed E-state index contributed by atoms with van der Waals surface area (Å²) < 4.78 is 5.20. The summed E-state index contributed by atoms with van der Waals surface area (Å²) >= 11 is 1.44. The molecule has 0 radical (unpaired) electrons. The number of hydrogen-bond acceptors (Lipinski definition) is 5. The van der Waals surface area contributed by atoms with Gasteiger partial charge in [0.2, 0.25) is 0 Å². The van der Waals surface area contributed by atoms with E-state index in [4.69, 9.17) is 4.74 Å². The third kappa shape index (κ3) is 2.65. The summed E-state index contributed by atoms with van der Waals surface area (Å²) in [4.78, 5) is 38.4. The molecule has 1 aliphatic carbocycles. The lowest BCUT2D eigenvalue weighted by atomic mass is 10.2. The van der Waals surface area contributed by atoms with Crippen LogP contribution >= 0.6 is 11.3 Å². The van der Waals surface area contributed by atoms with Gasteiger partial charge in [0, 0.05) is 18.0 Å². The molecule has 0 unspecified atom stereocenters. The molecule has 1 aromatic heterocycles. The third-order valence-corrected chi connectivity index (χ3v) is 4.92. The maximum Gasteiger partial charge on any atom is 0.349 e. The fourth-order valence-electron chi connectivity index (χ4n) is 2.60. The topological polar surface area (TPSA) is 75.7 Å². The van der Waals surface area contributed by atoms with Crippen LogP contribution in [-0.2, 0) is 22.4 Å². The molecule has 1 aromatic rings. The van der Waals surface area contributed by atoms with Gasteiger partial charge in [-0.1, -0.05) is 0 Å². The Morgan fingerprint density at radius 3 is 2.90 bits per heavy atom. The molecule has 1 N–H and O–H groups in total. The van der Waals surface area contributed by atoms with Gasteiger partial charge < -0.3 is 10.1 Å². The van der Waals surface area contributed by atoms with Crippen LogP contribution in [-0.4, -0.2) is 42.0 Å². The summed E-state index contributed by atoms with van der Waals surface area (Å²) in [7, 11) is 0. The van der Waals surface area contributed by atoms with Crippen LogP contribution in [0, 0.1) is 0 Å². The van der Waals surface area contributed by atoms with Crippen LogP contribution in [0.3, 0.4) is 0 Å². The molecule has 3 amide bonds. The highest BCUT2D eigenvalue weighted by atomic mass is 32.1. The lowest BCUT2D eigenvalue weighted by molar-refractivity contribution is -0.135. The lowest BCUT2D eigenvalue weighted by Gasteiger charge is -2.17. The van der Waals surface area contributed by atoms with E-state index in [-0.39, 0.29) is 0 Å². The largest absolute Gasteiger partial charge is 0.448 e. The number of rotatable bonds is 3. The first-order valence-corrected chi connectivity index (χ1v) is 7.79. The van der Waals surface area contributed by atoms with E-state index in [1.165, 1.54) is 28.7 Å². The molecule has 6 nitrogen and oxygen atoms in total. The van der Waals surface area contributed by atoms with Crippen molar-refractivity contribution < 1.29 is 19.1 Å². The number of ether oxygens (including phenoxy) is 1. The van der Waals surface area contributed by atoms with E-state index in [2.05, 4.69) is 5.32 Å². The van der Waals surface area contributed by atoms with E-state index < -0.39 is 24.0 Å². The first-order chi connectivity index (χ1) is 10.1. The van der Waals surface area contributed by atoms with Crippen LogP contribution in [0.15, 0.2) is 6.07 Å². The zero-order valence-electron chi connectivity index (χ0n) is 11.7. The number of nitrogens with zero attached hydrogens (tertiary/aromatic N) is 1. The van der Waals surface area contributed by atoms with Gasteiger partial charge in [0.1, 0.15) is 4.88 Å². The fourth-order valence-corrected chi connectivity index (χ4v) is 3.74. The molecular formula is C14H16N2O4S. The first-order valence-electron chi connectivity index (χ1n) is 6.98. The number of hydrogen-bond donors (Lipinski definition) is 1. The molecule has 3 rings (SSSR count). The zero-order valence-corrected chi connectivity index (χ0v) is 12.5. The van der Waals surface area contributed by atoms with Gasteiger partial charge >= 0.3 is 12.0 Å². The van der Waals surface area contributed by atoms with Crippen molar-refractivity contribution in [1.82, 2.24) is 10.2 Å². The average molecular weight is 308 g/mol. The maximum atomic E-state index is 12.1. The summed E-state index contributed by atoms with van der Waals surface area (Å²) in [6.07, 6.45) is 2.19. The third-order valence-electron chi connectivity index (χ3n) is 3.70. The van der Waals surface area contributed by atoms with Gasteiger partial charge in [-0.3, -0.25) is 9.69 Å². The van der Waals surface area contributed by atoms with E-state index >= 15 is 0 Å². The Bertz CT molecular complexity index is 589. The van der Waals surface area contributed by atoms with Crippen molar-refractivity contribution in [3.63, 3.8) is 0 Å². The molecule has 1 saturated heterocycles. The van der Waals surface area contributed by atoms with Gasteiger partial charge in [-0.25, -0.2) is 9.59 Å². The van der Waals surface area contributed by atoms with Crippen molar-refractivity contribution in [2.24, 2.45) is 0 Å². The van der Waals surface area contributed by atoms with Gasteiger partial charge in [0.25, 0.3) is 5.91 Å². The van der Waals surface area contributed by atoms with Crippen molar-refractivity contribution in [3.8, 4) is 0 Å². The normalized spacial score (nSPS) is 18.3. The molecule has 112 valence electrons. The molecule has 21 heavy (non-hydrogen) atoms. The number of carbonyl (C=O) groups is 3. The fraction of sp³-hybridized carbons (Fsp3) is 0.500. The summed E-state index contributed by atoms with van der Waals surface area (Å²) in [6.45, 7) is 2.24. The Kier molecular flexibility index (Phi) is 3.67. The van der Waals surface area contributed by atoms with E-state index in [9.17, 15) is 14.4 Å². The Morgan fingerprint density at radius 1 is 1.43 bits per heavy atom. The predicted octanol–water partition coefficient (Wildman–Crippen LogP) is 1.33. The summed E-state index contributed by atoms with van der Waals surface area (Å²) in [6, 6.07) is 1.42. The maximum absolute atomic E-state index is 12.1. The molecule has 2 heterocycles. The van der Waals surface area contributed by atoms with Crippen LogP contribution in [0.4, 0.5) is 4.79 Å². The Labute approximate surface area is 126 Å². The highest BCUT2D eigenvalue weighted by Crippen LogP contribution is 2.31. The second kappa shape index (κ2) is 5.48. The molecule has 0 saturated carbocycles. The van der Waals surface area contributed by atoms with Crippen LogP contribution in [0.1, 0.15) is 33.5 Å². The molecule has 0 bridgehead atoms. The van der Waals surface area contributed by atoms with Crippen LogP contribution in [0.25, 0.3) is 0 Å². The molecule has 1 atom stereocenters. The minimum atomic E-state index is -0.960. The minimum absolute atomic E-state index is 0.312. The molecule has 2 aliphatic rings. The van der Waals surface area contributed by atoms with Gasteiger partial charge in [-0.2, -0.15) is 0 Å². The van der Waals surface area contributed by atoms with Crippen molar-refractivity contribution in [2.45, 2.75) is 32.3 Å². The number of nitrogens with one attached hydrogen (secondary N) is 1. The van der Waals surface area contributed by atoms with Gasteiger partial charge in [-0.05, 0) is 37.8 Å². The number of carbonyl (C=O) groups excluding carboxylic acids is 3. The standard InChI is InChI=1S/C14H16N2O4S/c1-8(12(17)16-6-5-15-14(16)19)20-13(18)11-7-9-3-2-4-10(9)21-11/h7-8H,2-6H2,1H3,(H,15,19)/t8-/m1/s1. The SMILES string of the molecule is C[C@@H](OC(=O)c1cc2c(s1)CCC2)C(=O)N1CCNC1=O. The lowest BCUT2D eigenvalue weighted by Crippen LogP contribution is -2.41. The van der Waals surface area contributed by atoms with Crippen LogP contribution in [0.5, 0.6) is 0 Å². The summed E-state index contributed by atoms with van der Waals surface area (Å²) in [5.41, 5.74) is 1.21. The van der Waals surface area contributed by atoms with E-state index in [0.717, 1.165) is 24.2 Å². The number of fused-ring (bicyclic) bond motifs is 1. The molecular weight excluding hydrogens is 292 g/mol. The van der Waals surface area contributed by atoms with E-state index in [1.807, 2.05) is 6.07 Å². The number of aryl methyl sites for hydroxylation is 2. The van der Waals surface area contributed by atoms with Crippen LogP contribution < -0.4 is 5.32 Å². The highest BCUT2D eigenvalue weighted by Gasteiger charge is 2.32. The van der Waals surface area contributed by atoms with E-state index in [1.54, 1.807) is 0 Å². The van der Waals surface area contributed by atoms with Crippen molar-refractivity contribution in [3.05, 3.63) is 21.4 Å². The Hall–Kier alpha value is -1.89. The van der Waals surface area contributed by atoms with Crippen molar-refractivity contribution in [2.75, 3.05) is 13.1 Å². The Balaban J connectivity index is 1.63. The quantitative estimate of drug-likeness (QED) is 0.855. The van der Waals surface area contributed by atoms with Gasteiger partial charge in [0.15, 0.2) is 6.10 Å². The molecule has 0 aromatic carbocycles. The summed E-state index contributed by atoms with van der Waals surface area (Å²) in [5.74, 6) is -0.975. The molecule has 7 heteroatoms. The first kappa shape index (κ1) is 14.1. The average Bonchev–Trinajstić information content (AvgIpc) is 3.12. The zero-order chi connectivity index (χ0) is 15.0. The van der Waals surface area contributed by atoms with Gasteiger partial charge in [-0.15, -0.1) is 11.3 Å². The second-order valence-corrected chi connectivity index (χ2v) is 6.32. The summed E-state index contributed by atoms with van der Waals surface area (Å²) in [5, 5.41) is 2.54. The number of esters is 1. The number of amides is 3. The second-order valence-electron chi connectivity index (χ2n) is 5.18. The number of thiophene rings is 1. The molecule has 1 fully saturated rings. The van der Waals surface area contributed by atoms with Crippen LogP contribution in [0.2, 0.25) is 0 Å². The highest BCUT2D eigenvalue weighted by molar-refractivity contribution is 7.14. The number of imide groups is 1. The van der Waals surface area contributed by atoms with Crippen molar-refractivity contribution in [1.29, 1.82) is 0 Å². The molecule has 0 spiro atoms. The monoisotopic (exact) mass is 308 g/mol. The number of urea groups is 1. The van der Waals surface area contributed by atoms with Crippen molar-refractivity contribution >= 4 is 29.2 Å². The molecule has 1 aliphatic heterocycles. The van der Waals surface area contributed by atoms with E-state index in [0.29, 0.717) is 18.0 Å².